The quantitative estimate of drug-likeness (QED) is 0.0547. The predicted octanol–water partition coefficient (Wildman–Crippen LogP) is 3.50. The van der Waals surface area contributed by atoms with Gasteiger partial charge in [0.15, 0.2) is 0 Å². The fourth-order valence-electron chi connectivity index (χ4n) is 6.62. The maximum absolute atomic E-state index is 13.2. The Bertz CT molecular complexity index is 1530. The summed E-state index contributed by atoms with van der Waals surface area (Å²) in [7, 11) is 0. The molecule has 2 unspecified atom stereocenters. The number of nitrogens with one attached hydrogen (secondary N) is 2. The number of hydrogen-bond donors (Lipinski definition) is 2. The van der Waals surface area contributed by atoms with Crippen LogP contribution in [-0.2, 0) is 66.5 Å². The highest BCUT2D eigenvalue weighted by Gasteiger charge is 2.45. The second-order valence-electron chi connectivity index (χ2n) is 15.0. The van der Waals surface area contributed by atoms with Gasteiger partial charge >= 0.3 is 5.97 Å². The lowest BCUT2D eigenvalue weighted by Gasteiger charge is -2.27. The van der Waals surface area contributed by atoms with Crippen molar-refractivity contribution < 1.29 is 76.1 Å². The van der Waals surface area contributed by atoms with Gasteiger partial charge in [-0.2, -0.15) is 0 Å². The number of hydrogen-bond acceptors (Lipinski definition) is 16. The van der Waals surface area contributed by atoms with Crippen LogP contribution in [0.3, 0.4) is 0 Å². The molecule has 2 atom stereocenters. The SMILES string of the molecule is CCCCC(CC)C(=O)OCCOCCOCCOCCOCCOCCOCCOCCOCCOCCCCCC(=O)Nc1cccc2c1C(=O)N(C1CCC(=O)NC1=O)C2=O. The van der Waals surface area contributed by atoms with Gasteiger partial charge in [0, 0.05) is 19.4 Å². The van der Waals surface area contributed by atoms with Crippen molar-refractivity contribution in [1.82, 2.24) is 10.2 Å². The molecule has 2 aliphatic rings. The number of ether oxygens (including phenoxy) is 10. The third kappa shape index (κ3) is 21.8. The molecular weight excluding hydrogens is 838 g/mol. The monoisotopic (exact) mass is 909 g/mol. The number of benzene rings is 1. The number of nitrogens with zero attached hydrogens (tertiary/aromatic N) is 1. The summed E-state index contributed by atoms with van der Waals surface area (Å²) in [6.45, 7) is 12.5. The van der Waals surface area contributed by atoms with Crippen molar-refractivity contribution in [3.05, 3.63) is 29.3 Å². The van der Waals surface area contributed by atoms with Crippen molar-refractivity contribution >= 4 is 41.2 Å². The van der Waals surface area contributed by atoms with Crippen LogP contribution in [0.2, 0.25) is 0 Å². The highest BCUT2D eigenvalue weighted by molar-refractivity contribution is 6.26. The van der Waals surface area contributed by atoms with Crippen LogP contribution in [0.5, 0.6) is 0 Å². The summed E-state index contributed by atoms with van der Waals surface area (Å²) >= 11 is 0. The highest BCUT2D eigenvalue weighted by atomic mass is 16.6. The largest absolute Gasteiger partial charge is 0.463 e. The lowest BCUT2D eigenvalue weighted by Crippen LogP contribution is -2.54. The van der Waals surface area contributed by atoms with Crippen LogP contribution in [0.4, 0.5) is 5.69 Å². The number of carbonyl (C=O) groups is 6. The van der Waals surface area contributed by atoms with E-state index in [0.717, 1.165) is 43.4 Å². The summed E-state index contributed by atoms with van der Waals surface area (Å²) in [4.78, 5) is 75.7. The molecule has 1 aromatic rings. The minimum Gasteiger partial charge on any atom is -0.463 e. The van der Waals surface area contributed by atoms with E-state index in [4.69, 9.17) is 47.4 Å². The van der Waals surface area contributed by atoms with E-state index in [1.54, 1.807) is 12.1 Å². The van der Waals surface area contributed by atoms with E-state index in [9.17, 15) is 28.8 Å². The van der Waals surface area contributed by atoms with E-state index in [1.807, 2.05) is 6.92 Å². The molecule has 0 bridgehead atoms. The van der Waals surface area contributed by atoms with E-state index in [1.165, 1.54) is 6.07 Å². The molecule has 3 rings (SSSR count). The molecule has 0 saturated carbocycles. The number of fused-ring (bicyclic) bond motifs is 1. The molecule has 64 heavy (non-hydrogen) atoms. The van der Waals surface area contributed by atoms with E-state index in [-0.39, 0.29) is 60.5 Å². The van der Waals surface area contributed by atoms with Crippen molar-refractivity contribution in [2.24, 2.45) is 5.92 Å². The zero-order valence-electron chi connectivity index (χ0n) is 37.9. The van der Waals surface area contributed by atoms with Gasteiger partial charge in [-0.15, -0.1) is 0 Å². The topological polar surface area (TPSA) is 222 Å². The van der Waals surface area contributed by atoms with Crippen LogP contribution in [-0.4, -0.2) is 172 Å². The fraction of sp³-hybridized carbons (Fsp3) is 0.733. The molecule has 362 valence electrons. The average Bonchev–Trinajstić information content (AvgIpc) is 3.54. The molecular formula is C45H71N3O16. The van der Waals surface area contributed by atoms with Crippen LogP contribution in [0.25, 0.3) is 0 Å². The molecule has 1 aromatic carbocycles. The molecule has 2 heterocycles. The van der Waals surface area contributed by atoms with Crippen LogP contribution in [0.1, 0.15) is 98.8 Å². The van der Waals surface area contributed by atoms with Gasteiger partial charge in [0.05, 0.1) is 135 Å². The van der Waals surface area contributed by atoms with Crippen molar-refractivity contribution in [2.75, 3.05) is 131 Å². The summed E-state index contributed by atoms with van der Waals surface area (Å²) < 4.78 is 54.9. The van der Waals surface area contributed by atoms with Crippen molar-refractivity contribution in [3.63, 3.8) is 0 Å². The van der Waals surface area contributed by atoms with E-state index in [0.29, 0.717) is 125 Å². The van der Waals surface area contributed by atoms with Crippen molar-refractivity contribution in [1.29, 1.82) is 0 Å². The summed E-state index contributed by atoms with van der Waals surface area (Å²) in [6.07, 6.45) is 6.21. The number of imide groups is 2. The molecule has 1 saturated heterocycles. The second-order valence-corrected chi connectivity index (χ2v) is 15.0. The smallest absolute Gasteiger partial charge is 0.308 e. The van der Waals surface area contributed by atoms with Crippen LogP contribution >= 0.6 is 0 Å². The lowest BCUT2D eigenvalue weighted by molar-refractivity contribution is -0.150. The Morgan fingerprint density at radius 1 is 0.641 bits per heavy atom. The predicted molar refractivity (Wildman–Crippen MR) is 232 cm³/mol. The second kappa shape index (κ2) is 34.4. The van der Waals surface area contributed by atoms with Crippen LogP contribution < -0.4 is 10.6 Å². The number of amides is 5. The highest BCUT2D eigenvalue weighted by Crippen LogP contribution is 2.32. The summed E-state index contributed by atoms with van der Waals surface area (Å²) in [5.74, 6) is -2.88. The maximum atomic E-state index is 13.2. The number of esters is 1. The Morgan fingerprint density at radius 3 is 1.62 bits per heavy atom. The number of carbonyl (C=O) groups excluding carboxylic acids is 6. The maximum Gasteiger partial charge on any atom is 0.308 e. The first-order valence-electron chi connectivity index (χ1n) is 22.8. The van der Waals surface area contributed by atoms with Gasteiger partial charge in [-0.25, -0.2) is 0 Å². The number of unbranched alkanes of at least 4 members (excludes halogenated alkanes) is 3. The molecule has 1 fully saturated rings. The number of anilines is 1. The van der Waals surface area contributed by atoms with Crippen molar-refractivity contribution in [2.45, 2.75) is 84.1 Å². The van der Waals surface area contributed by atoms with Crippen molar-refractivity contribution in [3.8, 4) is 0 Å². The van der Waals surface area contributed by atoms with Gasteiger partial charge in [0.25, 0.3) is 11.8 Å². The zero-order chi connectivity index (χ0) is 46.0. The molecule has 0 aromatic heterocycles. The van der Waals surface area contributed by atoms with Gasteiger partial charge in [0.2, 0.25) is 17.7 Å². The molecule has 19 heteroatoms. The molecule has 0 radical (unpaired) electrons. The van der Waals surface area contributed by atoms with Crippen LogP contribution in [0, 0.1) is 5.92 Å². The van der Waals surface area contributed by atoms with Crippen LogP contribution in [0.15, 0.2) is 18.2 Å². The molecule has 19 nitrogen and oxygen atoms in total. The van der Waals surface area contributed by atoms with Gasteiger partial charge in [0.1, 0.15) is 12.6 Å². The Morgan fingerprint density at radius 2 is 1.14 bits per heavy atom. The first-order chi connectivity index (χ1) is 31.3. The zero-order valence-corrected chi connectivity index (χ0v) is 37.9. The summed E-state index contributed by atoms with van der Waals surface area (Å²) in [5.41, 5.74) is 0.374. The summed E-state index contributed by atoms with van der Waals surface area (Å²) in [5, 5.41) is 4.91. The first-order valence-corrected chi connectivity index (χ1v) is 22.8. The molecule has 2 N–H and O–H groups in total. The molecule has 2 aliphatic heterocycles. The van der Waals surface area contributed by atoms with E-state index in [2.05, 4.69) is 17.6 Å². The third-order valence-corrected chi connectivity index (χ3v) is 10.1. The Labute approximate surface area is 377 Å². The Hall–Kier alpha value is -3.92. The molecule has 0 aliphatic carbocycles. The van der Waals surface area contributed by atoms with Gasteiger partial charge in [-0.05, 0) is 44.2 Å². The first kappa shape index (κ1) is 54.4. The minimum absolute atomic E-state index is 0.0194. The van der Waals surface area contributed by atoms with E-state index >= 15 is 0 Å². The summed E-state index contributed by atoms with van der Waals surface area (Å²) in [6, 6.07) is 3.52. The number of piperidine rings is 1. The molecule has 5 amide bonds. The van der Waals surface area contributed by atoms with Gasteiger partial charge in [-0.1, -0.05) is 39.2 Å². The third-order valence-electron chi connectivity index (χ3n) is 10.1. The average molecular weight is 910 g/mol. The minimum atomic E-state index is -1.08. The standard InChI is InChI=1S/C45H71N3O16/c1-3-5-10-35(4-2)45(54)64-34-33-63-32-31-62-30-29-61-28-27-60-26-25-59-24-23-58-22-21-57-20-19-56-18-17-55-16-8-6-7-13-39(49)46-37-12-9-11-36-41(37)44(53)48(43(36)52)38-14-15-40(50)47-42(38)51/h9,11-12,35,38H,3-8,10,13-34H2,1-2H3,(H,46,49)(H,47,50,51). The Balaban J connectivity index is 0.995. The normalized spacial score (nSPS) is 15.4. The fourth-order valence-corrected chi connectivity index (χ4v) is 6.62. The van der Waals surface area contributed by atoms with E-state index < -0.39 is 29.7 Å². The Kier molecular flexibility index (Phi) is 29.3. The molecule has 0 spiro atoms. The lowest BCUT2D eigenvalue weighted by atomic mass is 10.00. The number of rotatable bonds is 40. The van der Waals surface area contributed by atoms with Gasteiger partial charge < -0.3 is 52.7 Å². The van der Waals surface area contributed by atoms with Gasteiger partial charge in [-0.3, -0.25) is 39.0 Å².